The average molecular weight is 397 g/mol. The molecule has 2 heterocycles. The van der Waals surface area contributed by atoms with Crippen LogP contribution in [0.15, 0.2) is 12.1 Å². The molecule has 0 radical (unpaired) electrons. The van der Waals surface area contributed by atoms with Crippen molar-refractivity contribution in [1.82, 2.24) is 4.90 Å². The Balaban J connectivity index is 1.65. The lowest BCUT2D eigenvalue weighted by Crippen LogP contribution is -2.43. The van der Waals surface area contributed by atoms with E-state index in [0.717, 1.165) is 0 Å². The fourth-order valence-electron chi connectivity index (χ4n) is 4.30. The number of piperidine rings is 1. The molecule has 8 heteroatoms. The first-order valence-corrected chi connectivity index (χ1v) is 9.47. The predicted molar refractivity (Wildman–Crippen MR) is 96.7 cm³/mol. The molecule has 0 bridgehead atoms. The summed E-state index contributed by atoms with van der Waals surface area (Å²) in [6.07, 6.45) is 1.62. The topological polar surface area (TPSA) is 76.1 Å². The highest BCUT2D eigenvalue weighted by molar-refractivity contribution is 5.95. The number of aliphatic carboxylic acids is 1. The van der Waals surface area contributed by atoms with Gasteiger partial charge >= 0.3 is 12.6 Å². The summed E-state index contributed by atoms with van der Waals surface area (Å²) in [6.45, 7) is 1.86. The van der Waals surface area contributed by atoms with Gasteiger partial charge in [0.2, 0.25) is 0 Å². The van der Waals surface area contributed by atoms with Crippen LogP contribution in [-0.2, 0) is 9.53 Å². The van der Waals surface area contributed by atoms with Crippen molar-refractivity contribution in [2.45, 2.75) is 45.8 Å². The SMILES string of the molecule is Cc1cc(C(=O)N2CCC([C@@H]3OCCC3C(=O)O)CC2)cc(C)c1OC(F)F. The monoisotopic (exact) mass is 397 g/mol. The van der Waals surface area contributed by atoms with Crippen molar-refractivity contribution in [3.63, 3.8) is 0 Å². The molecule has 2 aliphatic heterocycles. The third-order valence-corrected chi connectivity index (χ3v) is 5.66. The summed E-state index contributed by atoms with van der Waals surface area (Å²) >= 11 is 0. The number of alkyl halides is 2. The molecule has 6 nitrogen and oxygen atoms in total. The van der Waals surface area contributed by atoms with Crippen LogP contribution in [0.5, 0.6) is 5.75 Å². The van der Waals surface area contributed by atoms with Crippen molar-refractivity contribution in [1.29, 1.82) is 0 Å². The van der Waals surface area contributed by atoms with Crippen LogP contribution in [-0.4, -0.2) is 54.3 Å². The van der Waals surface area contributed by atoms with Crippen molar-refractivity contribution in [2.75, 3.05) is 19.7 Å². The second kappa shape index (κ2) is 8.43. The van der Waals surface area contributed by atoms with E-state index < -0.39 is 18.5 Å². The van der Waals surface area contributed by atoms with Crippen LogP contribution >= 0.6 is 0 Å². The molecule has 3 rings (SSSR count). The summed E-state index contributed by atoms with van der Waals surface area (Å²) in [5, 5.41) is 9.33. The van der Waals surface area contributed by atoms with E-state index in [2.05, 4.69) is 4.74 Å². The summed E-state index contributed by atoms with van der Waals surface area (Å²) in [7, 11) is 0. The van der Waals surface area contributed by atoms with E-state index in [0.29, 0.717) is 55.6 Å². The lowest BCUT2D eigenvalue weighted by molar-refractivity contribution is -0.145. The lowest BCUT2D eigenvalue weighted by Gasteiger charge is -2.35. The van der Waals surface area contributed by atoms with Gasteiger partial charge in [0.05, 0.1) is 12.0 Å². The fraction of sp³-hybridized carbons (Fsp3) is 0.600. The van der Waals surface area contributed by atoms with E-state index in [-0.39, 0.29) is 23.7 Å². The Bertz CT molecular complexity index is 723. The van der Waals surface area contributed by atoms with Gasteiger partial charge in [0.25, 0.3) is 5.91 Å². The average Bonchev–Trinajstić information content (AvgIpc) is 3.14. The number of aryl methyl sites for hydroxylation is 2. The number of hydrogen-bond donors (Lipinski definition) is 1. The van der Waals surface area contributed by atoms with E-state index in [1.54, 1.807) is 30.9 Å². The molecule has 2 saturated heterocycles. The first kappa shape index (κ1) is 20.5. The van der Waals surface area contributed by atoms with Crippen LogP contribution in [0.25, 0.3) is 0 Å². The van der Waals surface area contributed by atoms with E-state index in [9.17, 15) is 23.5 Å². The quantitative estimate of drug-likeness (QED) is 0.826. The zero-order valence-corrected chi connectivity index (χ0v) is 16.0. The van der Waals surface area contributed by atoms with Crippen molar-refractivity contribution < 1.29 is 33.0 Å². The maximum Gasteiger partial charge on any atom is 0.387 e. The Morgan fingerprint density at radius 1 is 1.18 bits per heavy atom. The van der Waals surface area contributed by atoms with Gasteiger partial charge in [0, 0.05) is 25.3 Å². The molecule has 0 saturated carbocycles. The van der Waals surface area contributed by atoms with Gasteiger partial charge in [-0.3, -0.25) is 9.59 Å². The van der Waals surface area contributed by atoms with Gasteiger partial charge in [-0.2, -0.15) is 8.78 Å². The maximum absolute atomic E-state index is 12.8. The summed E-state index contributed by atoms with van der Waals surface area (Å²) < 4.78 is 35.3. The molecule has 28 heavy (non-hydrogen) atoms. The van der Waals surface area contributed by atoms with E-state index in [4.69, 9.17) is 4.74 Å². The third kappa shape index (κ3) is 4.27. The molecule has 1 aromatic carbocycles. The minimum absolute atomic E-state index is 0.100. The number of carbonyl (C=O) groups excluding carboxylic acids is 1. The van der Waals surface area contributed by atoms with Gasteiger partial charge in [-0.1, -0.05) is 0 Å². The van der Waals surface area contributed by atoms with Gasteiger partial charge in [-0.25, -0.2) is 0 Å². The smallest absolute Gasteiger partial charge is 0.387 e. The number of carbonyl (C=O) groups is 2. The highest BCUT2D eigenvalue weighted by atomic mass is 19.3. The van der Waals surface area contributed by atoms with Crippen molar-refractivity contribution in [3.8, 4) is 5.75 Å². The number of rotatable bonds is 5. The van der Waals surface area contributed by atoms with E-state index in [1.165, 1.54) is 0 Å². The zero-order chi connectivity index (χ0) is 20.4. The molecule has 154 valence electrons. The normalized spacial score (nSPS) is 23.2. The summed E-state index contributed by atoms with van der Waals surface area (Å²) in [4.78, 5) is 25.9. The third-order valence-electron chi connectivity index (χ3n) is 5.66. The van der Waals surface area contributed by atoms with E-state index in [1.807, 2.05) is 0 Å². The van der Waals surface area contributed by atoms with Gasteiger partial charge in [-0.15, -0.1) is 0 Å². The molecule has 2 aliphatic rings. The van der Waals surface area contributed by atoms with Gasteiger partial charge in [0.15, 0.2) is 0 Å². The number of carboxylic acids is 1. The van der Waals surface area contributed by atoms with Crippen LogP contribution in [0.2, 0.25) is 0 Å². The number of likely N-dealkylation sites (tertiary alicyclic amines) is 1. The number of halogens is 2. The highest BCUT2D eigenvalue weighted by Gasteiger charge is 2.40. The zero-order valence-electron chi connectivity index (χ0n) is 16.0. The minimum Gasteiger partial charge on any atom is -0.481 e. The van der Waals surface area contributed by atoms with Gasteiger partial charge < -0.3 is 19.5 Å². The van der Waals surface area contributed by atoms with Crippen molar-refractivity contribution in [2.24, 2.45) is 11.8 Å². The van der Waals surface area contributed by atoms with Crippen LogP contribution in [0.1, 0.15) is 40.7 Å². The molecular weight excluding hydrogens is 372 g/mol. The molecular formula is C20H25F2NO5. The van der Waals surface area contributed by atoms with Crippen LogP contribution in [0.3, 0.4) is 0 Å². The summed E-state index contributed by atoms with van der Waals surface area (Å²) in [6, 6.07) is 3.14. The van der Waals surface area contributed by atoms with Crippen LogP contribution in [0, 0.1) is 25.7 Å². The molecule has 2 fully saturated rings. The Morgan fingerprint density at radius 2 is 1.79 bits per heavy atom. The van der Waals surface area contributed by atoms with E-state index >= 15 is 0 Å². The second-order valence-corrected chi connectivity index (χ2v) is 7.52. The standard InChI is InChI=1S/C20H25F2NO5/c1-11-9-14(10-12(2)16(11)28-20(21)22)18(24)23-6-3-13(4-7-23)17-15(19(25)26)5-8-27-17/h9-10,13,15,17,20H,3-8H2,1-2H3,(H,25,26)/t15?,17-/m0/s1. The molecule has 1 amide bonds. The number of amides is 1. The first-order valence-electron chi connectivity index (χ1n) is 9.47. The lowest BCUT2D eigenvalue weighted by atomic mass is 9.84. The molecule has 1 N–H and O–H groups in total. The Kier molecular flexibility index (Phi) is 6.17. The number of ether oxygens (including phenoxy) is 2. The van der Waals surface area contributed by atoms with Crippen LogP contribution in [0.4, 0.5) is 8.78 Å². The Morgan fingerprint density at radius 3 is 2.32 bits per heavy atom. The Labute approximate surface area is 162 Å². The number of hydrogen-bond acceptors (Lipinski definition) is 4. The fourth-order valence-corrected chi connectivity index (χ4v) is 4.30. The first-order chi connectivity index (χ1) is 13.3. The summed E-state index contributed by atoms with van der Waals surface area (Å²) in [5.41, 5.74) is 1.42. The largest absolute Gasteiger partial charge is 0.481 e. The molecule has 1 unspecified atom stereocenters. The van der Waals surface area contributed by atoms with Crippen molar-refractivity contribution in [3.05, 3.63) is 28.8 Å². The number of benzene rings is 1. The predicted octanol–water partition coefficient (Wildman–Crippen LogP) is 3.25. The Hall–Kier alpha value is -2.22. The number of carboxylic acid groups (broad SMARTS) is 1. The van der Waals surface area contributed by atoms with Crippen LogP contribution < -0.4 is 4.74 Å². The second-order valence-electron chi connectivity index (χ2n) is 7.52. The highest BCUT2D eigenvalue weighted by Crippen LogP contribution is 2.34. The molecule has 1 aromatic rings. The summed E-state index contributed by atoms with van der Waals surface area (Å²) in [5.74, 6) is -1.23. The van der Waals surface area contributed by atoms with Gasteiger partial charge in [-0.05, 0) is 62.3 Å². The molecule has 2 atom stereocenters. The molecule has 0 spiro atoms. The number of nitrogens with zero attached hydrogens (tertiary/aromatic N) is 1. The molecule has 0 aliphatic carbocycles. The minimum atomic E-state index is -2.91. The molecule has 0 aromatic heterocycles. The van der Waals surface area contributed by atoms with Crippen molar-refractivity contribution >= 4 is 11.9 Å². The maximum atomic E-state index is 12.8. The van der Waals surface area contributed by atoms with Gasteiger partial charge in [0.1, 0.15) is 5.75 Å².